The third kappa shape index (κ3) is 3.24. The van der Waals surface area contributed by atoms with E-state index in [1.165, 1.54) is 21.8 Å². The summed E-state index contributed by atoms with van der Waals surface area (Å²) in [6.45, 7) is 3.01. The van der Waals surface area contributed by atoms with Gasteiger partial charge in [0.2, 0.25) is 0 Å². The first-order valence-corrected chi connectivity index (χ1v) is 13.4. The lowest BCUT2D eigenvalue weighted by Crippen LogP contribution is -2.26. The van der Waals surface area contributed by atoms with Gasteiger partial charge in [0, 0.05) is 61.9 Å². The molecule has 0 spiro atoms. The summed E-state index contributed by atoms with van der Waals surface area (Å²) in [6.07, 6.45) is 3.60. The molecule has 0 saturated carbocycles. The molecule has 3 aromatic heterocycles. The largest absolute Gasteiger partial charge is 0.392 e. The molecule has 0 amide bonds. The van der Waals surface area contributed by atoms with Crippen molar-refractivity contribution in [2.24, 2.45) is 0 Å². The first kappa shape index (κ1) is 23.3. The minimum Gasteiger partial charge on any atom is -0.392 e. The fourth-order valence-corrected chi connectivity index (χ4v) is 6.20. The Balaban J connectivity index is 1.44. The predicted octanol–water partition coefficient (Wildman–Crippen LogP) is 6.79. The highest BCUT2D eigenvalue weighted by Gasteiger charge is 2.45. The van der Waals surface area contributed by atoms with Crippen LogP contribution in [0, 0.1) is 0 Å². The number of aliphatic hydroxyl groups excluding tert-OH is 1. The molecule has 1 aliphatic rings. The number of hydrogen-bond acceptors (Lipinski definition) is 4. The van der Waals surface area contributed by atoms with E-state index in [1.807, 2.05) is 42.6 Å². The van der Waals surface area contributed by atoms with Crippen LogP contribution in [0.3, 0.4) is 0 Å². The van der Waals surface area contributed by atoms with Gasteiger partial charge in [-0.1, -0.05) is 48.5 Å². The van der Waals surface area contributed by atoms with Gasteiger partial charge in [0.1, 0.15) is 5.60 Å². The van der Waals surface area contributed by atoms with Gasteiger partial charge in [-0.2, -0.15) is 0 Å². The van der Waals surface area contributed by atoms with Gasteiger partial charge in [0.25, 0.3) is 0 Å². The molecule has 0 fully saturated rings. The number of benzene rings is 3. The molecule has 2 N–H and O–H groups in total. The van der Waals surface area contributed by atoms with E-state index in [4.69, 9.17) is 4.98 Å². The molecule has 0 saturated heterocycles. The first-order chi connectivity index (χ1) is 18.5. The summed E-state index contributed by atoms with van der Waals surface area (Å²) in [4.78, 5) is 9.47. The second-order valence-electron chi connectivity index (χ2n) is 9.73. The number of pyridine rings is 2. The van der Waals surface area contributed by atoms with Gasteiger partial charge in [-0.05, 0) is 69.9 Å². The molecule has 1 atom stereocenters. The molecule has 7 rings (SSSR count). The molecule has 5 nitrogen and oxygen atoms in total. The van der Waals surface area contributed by atoms with Gasteiger partial charge in [0.05, 0.1) is 18.0 Å². The minimum absolute atomic E-state index is 0.0540. The minimum atomic E-state index is -1.43. The van der Waals surface area contributed by atoms with Gasteiger partial charge >= 0.3 is 0 Å². The Morgan fingerprint density at radius 1 is 0.789 bits per heavy atom. The van der Waals surface area contributed by atoms with E-state index in [0.717, 1.165) is 27.7 Å². The Bertz CT molecular complexity index is 1880. The van der Waals surface area contributed by atoms with Crippen LogP contribution in [0.25, 0.3) is 44.3 Å². The lowest BCUT2D eigenvalue weighted by Gasteiger charge is -2.26. The Morgan fingerprint density at radius 2 is 1.50 bits per heavy atom. The van der Waals surface area contributed by atoms with Crippen LogP contribution in [-0.2, 0) is 18.8 Å². The summed E-state index contributed by atoms with van der Waals surface area (Å²) in [6, 6.07) is 26.4. The van der Waals surface area contributed by atoms with E-state index in [-0.39, 0.29) is 6.61 Å². The zero-order valence-electron chi connectivity index (χ0n) is 20.7. The van der Waals surface area contributed by atoms with Crippen molar-refractivity contribution >= 4 is 37.7 Å². The van der Waals surface area contributed by atoms with Crippen LogP contribution in [0.5, 0.6) is 0 Å². The summed E-state index contributed by atoms with van der Waals surface area (Å²) in [5.74, 6) is 0. The summed E-state index contributed by atoms with van der Waals surface area (Å²) in [5, 5.41) is 24.4. The molecule has 1 unspecified atom stereocenters. The van der Waals surface area contributed by atoms with E-state index in [0.29, 0.717) is 28.1 Å². The SMILES string of the molecule is CCn1c2ccccc2c2cc(-c3cnc4c(c3)C(O)(c3ccc(CO)cc3)c3cc(Br)cnc3-4)ccc21. The number of nitrogens with zero attached hydrogens (tertiary/aromatic N) is 3. The van der Waals surface area contributed by atoms with Crippen molar-refractivity contribution in [3.05, 3.63) is 118 Å². The average molecular weight is 562 g/mol. The van der Waals surface area contributed by atoms with Crippen LogP contribution in [0.15, 0.2) is 95.7 Å². The van der Waals surface area contributed by atoms with Crippen LogP contribution < -0.4 is 0 Å². The molecule has 6 aromatic rings. The average Bonchev–Trinajstić information content (AvgIpc) is 3.42. The summed E-state index contributed by atoms with van der Waals surface area (Å²) in [7, 11) is 0. The molecule has 6 heteroatoms. The van der Waals surface area contributed by atoms with Crippen molar-refractivity contribution in [2.45, 2.75) is 25.7 Å². The van der Waals surface area contributed by atoms with E-state index in [1.54, 1.807) is 6.20 Å². The number of rotatable bonds is 4. The van der Waals surface area contributed by atoms with Crippen LogP contribution in [0.4, 0.5) is 0 Å². The maximum absolute atomic E-state index is 12.4. The van der Waals surface area contributed by atoms with Crippen LogP contribution in [0.1, 0.15) is 29.2 Å². The smallest absolute Gasteiger partial charge is 0.144 e. The van der Waals surface area contributed by atoms with Gasteiger partial charge in [0.15, 0.2) is 0 Å². The molecule has 0 aliphatic heterocycles. The third-order valence-electron chi connectivity index (χ3n) is 7.72. The van der Waals surface area contributed by atoms with E-state index in [2.05, 4.69) is 74.9 Å². The number of aromatic nitrogens is 3. The molecule has 186 valence electrons. The molecule has 0 radical (unpaired) electrons. The lowest BCUT2D eigenvalue weighted by atomic mass is 9.84. The number of hydrogen-bond donors (Lipinski definition) is 2. The standard InChI is InChI=1S/C32H24BrN3O2/c1-2-36-28-6-4-3-5-24(28)25-13-20(9-12-29(25)36)21-14-26-30(34-16-21)31-27(15-23(33)17-35-31)32(26,38)22-10-7-19(18-37)8-11-22/h3-17,37-38H,2,18H2,1H3. The third-order valence-corrected chi connectivity index (χ3v) is 8.16. The quantitative estimate of drug-likeness (QED) is 0.248. The number of aliphatic hydroxyl groups is 2. The maximum atomic E-state index is 12.4. The monoisotopic (exact) mass is 561 g/mol. The highest BCUT2D eigenvalue weighted by atomic mass is 79.9. The summed E-state index contributed by atoms with van der Waals surface area (Å²) >= 11 is 3.53. The van der Waals surface area contributed by atoms with Gasteiger partial charge in [-0.3, -0.25) is 9.97 Å². The van der Waals surface area contributed by atoms with Gasteiger partial charge < -0.3 is 14.8 Å². The molecule has 3 heterocycles. The lowest BCUT2D eigenvalue weighted by molar-refractivity contribution is 0.130. The normalized spacial score (nSPS) is 16.2. The number of para-hydroxylation sites is 1. The molecule has 38 heavy (non-hydrogen) atoms. The molecular formula is C32H24BrN3O2. The Morgan fingerprint density at radius 3 is 2.26 bits per heavy atom. The molecule has 1 aliphatic carbocycles. The van der Waals surface area contributed by atoms with Crippen molar-refractivity contribution in [3.8, 4) is 22.5 Å². The zero-order chi connectivity index (χ0) is 26.0. The van der Waals surface area contributed by atoms with Crippen LogP contribution >= 0.6 is 15.9 Å². The fraction of sp³-hybridized carbons (Fsp3) is 0.125. The zero-order valence-corrected chi connectivity index (χ0v) is 22.3. The van der Waals surface area contributed by atoms with Gasteiger partial charge in [-0.15, -0.1) is 0 Å². The van der Waals surface area contributed by atoms with Crippen molar-refractivity contribution in [1.29, 1.82) is 0 Å². The highest BCUT2D eigenvalue weighted by Crippen LogP contribution is 2.50. The Hall–Kier alpha value is -3.84. The van der Waals surface area contributed by atoms with Crippen molar-refractivity contribution in [1.82, 2.24) is 14.5 Å². The Kier molecular flexibility index (Phi) is 5.27. The predicted molar refractivity (Wildman–Crippen MR) is 154 cm³/mol. The van der Waals surface area contributed by atoms with Crippen molar-refractivity contribution in [2.75, 3.05) is 0 Å². The van der Waals surface area contributed by atoms with E-state index in [9.17, 15) is 10.2 Å². The number of fused-ring (bicyclic) bond motifs is 6. The van der Waals surface area contributed by atoms with Crippen LogP contribution in [0.2, 0.25) is 0 Å². The maximum Gasteiger partial charge on any atom is 0.144 e. The molecule has 3 aromatic carbocycles. The van der Waals surface area contributed by atoms with Crippen LogP contribution in [-0.4, -0.2) is 24.7 Å². The number of aryl methyl sites for hydroxylation is 1. The molecular weight excluding hydrogens is 538 g/mol. The van der Waals surface area contributed by atoms with Crippen molar-refractivity contribution < 1.29 is 10.2 Å². The van der Waals surface area contributed by atoms with Gasteiger partial charge in [-0.25, -0.2) is 0 Å². The fourth-order valence-electron chi connectivity index (χ4n) is 5.87. The second-order valence-corrected chi connectivity index (χ2v) is 10.6. The van der Waals surface area contributed by atoms with Crippen molar-refractivity contribution in [3.63, 3.8) is 0 Å². The topological polar surface area (TPSA) is 71.2 Å². The second kappa shape index (κ2) is 8.60. The summed E-state index contributed by atoms with van der Waals surface area (Å²) in [5.41, 5.74) is 7.18. The van der Waals surface area contributed by atoms with E-state index < -0.39 is 5.60 Å². The molecule has 0 bridgehead atoms. The first-order valence-electron chi connectivity index (χ1n) is 12.6. The van der Waals surface area contributed by atoms with E-state index >= 15 is 0 Å². The number of halogens is 1. The Labute approximate surface area is 228 Å². The summed E-state index contributed by atoms with van der Waals surface area (Å²) < 4.78 is 3.12. The highest BCUT2D eigenvalue weighted by molar-refractivity contribution is 9.10.